The average molecular weight is 288 g/mol. The molecule has 1 aromatic carbocycles. The summed E-state index contributed by atoms with van der Waals surface area (Å²) in [7, 11) is 0. The molecular formula is C17H21FN2O. The van der Waals surface area contributed by atoms with Crippen LogP contribution in [0.25, 0.3) is 0 Å². The van der Waals surface area contributed by atoms with Gasteiger partial charge in [-0.3, -0.25) is 4.98 Å². The molecule has 0 radical (unpaired) electrons. The van der Waals surface area contributed by atoms with Crippen molar-refractivity contribution in [3.8, 4) is 5.75 Å². The zero-order valence-electron chi connectivity index (χ0n) is 12.7. The molecule has 0 bridgehead atoms. The lowest BCUT2D eigenvalue weighted by atomic mass is 10.1. The standard InChI is InChI=1S/C17H21FN2O/c1-17(2,3)20-10-14-8-9-15(11-19-14)21-12-13-6-4-5-7-16(13)18/h4-9,11,20H,10,12H2,1-3H3. The molecule has 0 unspecified atom stereocenters. The normalized spacial score (nSPS) is 11.4. The lowest BCUT2D eigenvalue weighted by Crippen LogP contribution is -2.35. The number of pyridine rings is 1. The van der Waals surface area contributed by atoms with Gasteiger partial charge in [0.1, 0.15) is 18.2 Å². The van der Waals surface area contributed by atoms with E-state index in [-0.39, 0.29) is 18.0 Å². The smallest absolute Gasteiger partial charge is 0.138 e. The van der Waals surface area contributed by atoms with Gasteiger partial charge in [-0.25, -0.2) is 4.39 Å². The largest absolute Gasteiger partial charge is 0.487 e. The summed E-state index contributed by atoms with van der Waals surface area (Å²) in [6, 6.07) is 10.4. The summed E-state index contributed by atoms with van der Waals surface area (Å²) in [4.78, 5) is 4.34. The molecule has 2 rings (SSSR count). The van der Waals surface area contributed by atoms with E-state index in [1.165, 1.54) is 6.07 Å². The first-order chi connectivity index (χ1) is 9.94. The molecule has 0 saturated carbocycles. The zero-order valence-corrected chi connectivity index (χ0v) is 12.7. The van der Waals surface area contributed by atoms with Gasteiger partial charge in [-0.05, 0) is 39.0 Å². The Morgan fingerprint density at radius 1 is 1.14 bits per heavy atom. The second-order valence-electron chi connectivity index (χ2n) is 5.97. The van der Waals surface area contributed by atoms with E-state index in [9.17, 15) is 4.39 Å². The highest BCUT2D eigenvalue weighted by Crippen LogP contribution is 2.14. The Bertz CT molecular complexity index is 576. The molecule has 2 aromatic rings. The number of aromatic nitrogens is 1. The summed E-state index contributed by atoms with van der Waals surface area (Å²) >= 11 is 0. The van der Waals surface area contributed by atoms with Crippen molar-refractivity contribution in [2.24, 2.45) is 0 Å². The first kappa shape index (κ1) is 15.4. The number of ether oxygens (including phenoxy) is 1. The highest BCUT2D eigenvalue weighted by atomic mass is 19.1. The number of benzene rings is 1. The van der Waals surface area contributed by atoms with E-state index in [0.717, 1.165) is 5.69 Å². The summed E-state index contributed by atoms with van der Waals surface area (Å²) in [5.74, 6) is 0.384. The van der Waals surface area contributed by atoms with Gasteiger partial charge in [-0.2, -0.15) is 0 Å². The number of nitrogens with one attached hydrogen (secondary N) is 1. The van der Waals surface area contributed by atoms with E-state index >= 15 is 0 Å². The van der Waals surface area contributed by atoms with Crippen molar-refractivity contribution in [3.05, 3.63) is 59.7 Å². The molecule has 112 valence electrons. The molecule has 0 aliphatic rings. The number of nitrogens with zero attached hydrogens (tertiary/aromatic N) is 1. The van der Waals surface area contributed by atoms with Gasteiger partial charge in [0.25, 0.3) is 0 Å². The Morgan fingerprint density at radius 3 is 2.52 bits per heavy atom. The van der Waals surface area contributed by atoms with E-state index in [0.29, 0.717) is 17.9 Å². The summed E-state index contributed by atoms with van der Waals surface area (Å²) in [6.07, 6.45) is 1.67. The van der Waals surface area contributed by atoms with E-state index in [1.54, 1.807) is 24.4 Å². The van der Waals surface area contributed by atoms with Gasteiger partial charge in [0.2, 0.25) is 0 Å². The van der Waals surface area contributed by atoms with Gasteiger partial charge in [0.05, 0.1) is 11.9 Å². The molecule has 4 heteroatoms. The third-order valence-corrected chi connectivity index (χ3v) is 2.95. The Balaban J connectivity index is 1.89. The number of rotatable bonds is 5. The Labute approximate surface area is 125 Å². The maximum atomic E-state index is 13.5. The minimum absolute atomic E-state index is 0.0572. The molecule has 1 N–H and O–H groups in total. The van der Waals surface area contributed by atoms with Gasteiger partial charge in [0.15, 0.2) is 0 Å². The molecule has 3 nitrogen and oxygen atoms in total. The zero-order chi connectivity index (χ0) is 15.3. The predicted octanol–water partition coefficient (Wildman–Crippen LogP) is 3.69. The fourth-order valence-corrected chi connectivity index (χ4v) is 1.73. The van der Waals surface area contributed by atoms with Gasteiger partial charge < -0.3 is 10.1 Å². The first-order valence-corrected chi connectivity index (χ1v) is 7.00. The Kier molecular flexibility index (Phi) is 4.91. The quantitative estimate of drug-likeness (QED) is 0.911. The number of hydrogen-bond donors (Lipinski definition) is 1. The average Bonchev–Trinajstić information content (AvgIpc) is 2.45. The molecule has 21 heavy (non-hydrogen) atoms. The van der Waals surface area contributed by atoms with E-state index < -0.39 is 0 Å². The predicted molar refractivity (Wildman–Crippen MR) is 81.6 cm³/mol. The fraction of sp³-hybridized carbons (Fsp3) is 0.353. The van der Waals surface area contributed by atoms with Crippen LogP contribution in [0.1, 0.15) is 32.0 Å². The van der Waals surface area contributed by atoms with Crippen LogP contribution in [0.15, 0.2) is 42.6 Å². The van der Waals surface area contributed by atoms with Gasteiger partial charge in [-0.15, -0.1) is 0 Å². The third kappa shape index (κ3) is 5.16. The molecule has 1 heterocycles. The Hall–Kier alpha value is -1.94. The third-order valence-electron chi connectivity index (χ3n) is 2.95. The minimum Gasteiger partial charge on any atom is -0.487 e. The molecular weight excluding hydrogens is 267 g/mol. The molecule has 0 spiro atoms. The Morgan fingerprint density at radius 2 is 1.90 bits per heavy atom. The van der Waals surface area contributed by atoms with Crippen LogP contribution < -0.4 is 10.1 Å². The van der Waals surface area contributed by atoms with Crippen molar-refractivity contribution in [2.75, 3.05) is 0 Å². The van der Waals surface area contributed by atoms with Crippen LogP contribution in [0, 0.1) is 5.82 Å². The number of hydrogen-bond acceptors (Lipinski definition) is 3. The van der Waals surface area contributed by atoms with Crippen LogP contribution in [0.5, 0.6) is 5.75 Å². The maximum Gasteiger partial charge on any atom is 0.138 e. The topological polar surface area (TPSA) is 34.1 Å². The maximum absolute atomic E-state index is 13.5. The van der Waals surface area contributed by atoms with Gasteiger partial charge in [0, 0.05) is 17.6 Å². The summed E-state index contributed by atoms with van der Waals surface area (Å²) in [5.41, 5.74) is 1.54. The van der Waals surface area contributed by atoms with Crippen LogP contribution in [-0.2, 0) is 13.2 Å². The monoisotopic (exact) mass is 288 g/mol. The highest BCUT2D eigenvalue weighted by Gasteiger charge is 2.09. The van der Waals surface area contributed by atoms with Crippen molar-refractivity contribution >= 4 is 0 Å². The summed E-state index contributed by atoms with van der Waals surface area (Å²) < 4.78 is 19.0. The molecule has 0 atom stereocenters. The van der Waals surface area contributed by atoms with Crippen molar-refractivity contribution < 1.29 is 9.13 Å². The lowest BCUT2D eigenvalue weighted by molar-refractivity contribution is 0.298. The van der Waals surface area contributed by atoms with Gasteiger partial charge in [-0.1, -0.05) is 18.2 Å². The number of halogens is 1. The lowest BCUT2D eigenvalue weighted by Gasteiger charge is -2.20. The second-order valence-corrected chi connectivity index (χ2v) is 5.97. The molecule has 0 aliphatic carbocycles. The van der Waals surface area contributed by atoms with E-state index in [1.807, 2.05) is 12.1 Å². The summed E-state index contributed by atoms with van der Waals surface area (Å²) in [6.45, 7) is 7.24. The van der Waals surface area contributed by atoms with Crippen LogP contribution in [-0.4, -0.2) is 10.5 Å². The summed E-state index contributed by atoms with van der Waals surface area (Å²) in [5, 5.41) is 3.37. The van der Waals surface area contributed by atoms with Crippen molar-refractivity contribution in [1.29, 1.82) is 0 Å². The molecule has 0 amide bonds. The van der Waals surface area contributed by atoms with Crippen molar-refractivity contribution in [2.45, 2.75) is 39.5 Å². The highest BCUT2D eigenvalue weighted by molar-refractivity contribution is 5.22. The van der Waals surface area contributed by atoms with Crippen LogP contribution >= 0.6 is 0 Å². The molecule has 1 aromatic heterocycles. The van der Waals surface area contributed by atoms with E-state index in [4.69, 9.17) is 4.74 Å². The first-order valence-electron chi connectivity index (χ1n) is 7.00. The molecule has 0 fully saturated rings. The van der Waals surface area contributed by atoms with Crippen LogP contribution in [0.2, 0.25) is 0 Å². The van der Waals surface area contributed by atoms with Crippen LogP contribution in [0.3, 0.4) is 0 Å². The molecule has 0 aliphatic heterocycles. The second kappa shape index (κ2) is 6.68. The van der Waals surface area contributed by atoms with Gasteiger partial charge >= 0.3 is 0 Å². The van der Waals surface area contributed by atoms with E-state index in [2.05, 4.69) is 31.1 Å². The van der Waals surface area contributed by atoms with Crippen molar-refractivity contribution in [3.63, 3.8) is 0 Å². The fourth-order valence-electron chi connectivity index (χ4n) is 1.73. The minimum atomic E-state index is -0.253. The van der Waals surface area contributed by atoms with Crippen molar-refractivity contribution in [1.82, 2.24) is 10.3 Å². The molecule has 0 saturated heterocycles. The SMILES string of the molecule is CC(C)(C)NCc1ccc(OCc2ccccc2F)cn1. The van der Waals surface area contributed by atoms with Crippen LogP contribution in [0.4, 0.5) is 4.39 Å².